The average Bonchev–Trinajstić information content (AvgIpc) is 2.17. The Morgan fingerprint density at radius 3 is 2.46 bits per heavy atom. The Balaban J connectivity index is 2.34. The molecule has 1 rings (SSSR count). The van der Waals surface area contributed by atoms with Crippen molar-refractivity contribution in [1.82, 2.24) is 10.2 Å². The molecule has 0 radical (unpaired) electrons. The smallest absolute Gasteiger partial charge is 0.306 e. The first kappa shape index (κ1) is 10.5. The van der Waals surface area contributed by atoms with E-state index in [1.807, 2.05) is 7.05 Å². The fourth-order valence-electron chi connectivity index (χ4n) is 1.72. The maximum atomic E-state index is 10.7. The van der Waals surface area contributed by atoms with E-state index < -0.39 is 5.97 Å². The van der Waals surface area contributed by atoms with E-state index >= 15 is 0 Å². The molecule has 0 aromatic heterocycles. The lowest BCUT2D eigenvalue weighted by Crippen LogP contribution is -2.46. The molecule has 0 saturated carbocycles. The zero-order valence-electron chi connectivity index (χ0n) is 8.29. The minimum absolute atomic E-state index is 0.125. The number of likely N-dealkylation sites (tertiary alicyclic amines) is 1. The van der Waals surface area contributed by atoms with Gasteiger partial charge in [0, 0.05) is 13.1 Å². The van der Waals surface area contributed by atoms with Crippen LogP contribution in [0.5, 0.6) is 0 Å². The molecular formula is C9H18N2O2. The van der Waals surface area contributed by atoms with Crippen molar-refractivity contribution < 1.29 is 9.90 Å². The number of nitrogens with zero attached hydrogens (tertiary/aromatic N) is 1. The van der Waals surface area contributed by atoms with Crippen molar-refractivity contribution in [2.75, 3.05) is 20.1 Å². The van der Waals surface area contributed by atoms with Gasteiger partial charge in [-0.2, -0.15) is 0 Å². The van der Waals surface area contributed by atoms with Crippen LogP contribution in [0.4, 0.5) is 0 Å². The molecule has 1 saturated heterocycles. The molecule has 1 aliphatic heterocycles. The average molecular weight is 186 g/mol. The molecule has 76 valence electrons. The molecule has 0 bridgehead atoms. The lowest BCUT2D eigenvalue weighted by Gasteiger charge is -2.34. The molecule has 0 spiro atoms. The minimum Gasteiger partial charge on any atom is -0.481 e. The van der Waals surface area contributed by atoms with Crippen LogP contribution in [0.15, 0.2) is 0 Å². The van der Waals surface area contributed by atoms with Gasteiger partial charge in [0.15, 0.2) is 0 Å². The van der Waals surface area contributed by atoms with Crippen LogP contribution in [-0.2, 0) is 4.79 Å². The predicted octanol–water partition coefficient (Wildman–Crippen LogP) is 0.348. The molecule has 0 amide bonds. The number of aliphatic carboxylic acids is 1. The number of nitrogens with one attached hydrogen (secondary N) is 1. The third-order valence-electron chi connectivity index (χ3n) is 2.84. The highest BCUT2D eigenvalue weighted by atomic mass is 16.4. The Bertz CT molecular complexity index is 176. The summed E-state index contributed by atoms with van der Waals surface area (Å²) < 4.78 is 0. The summed E-state index contributed by atoms with van der Waals surface area (Å²) in [6.07, 6.45) is 1.91. The van der Waals surface area contributed by atoms with Gasteiger partial charge in [0.2, 0.25) is 0 Å². The number of piperidine rings is 1. The van der Waals surface area contributed by atoms with Gasteiger partial charge in [0.05, 0.1) is 12.1 Å². The molecule has 13 heavy (non-hydrogen) atoms. The van der Waals surface area contributed by atoms with Crippen molar-refractivity contribution in [2.45, 2.75) is 25.9 Å². The predicted molar refractivity (Wildman–Crippen MR) is 50.5 cm³/mol. The second-order valence-corrected chi connectivity index (χ2v) is 3.61. The van der Waals surface area contributed by atoms with Crippen molar-refractivity contribution in [2.24, 2.45) is 5.92 Å². The lowest BCUT2D eigenvalue weighted by atomic mass is 9.97. The van der Waals surface area contributed by atoms with E-state index in [2.05, 4.69) is 17.1 Å². The zero-order chi connectivity index (χ0) is 9.84. The highest BCUT2D eigenvalue weighted by molar-refractivity contribution is 5.70. The summed E-state index contributed by atoms with van der Waals surface area (Å²) in [7, 11) is 1.92. The molecule has 0 aromatic carbocycles. The largest absolute Gasteiger partial charge is 0.481 e. The lowest BCUT2D eigenvalue weighted by molar-refractivity contribution is -0.143. The zero-order valence-corrected chi connectivity index (χ0v) is 8.29. The molecular weight excluding hydrogens is 168 g/mol. The number of carbonyl (C=O) groups is 1. The molecule has 0 aliphatic carbocycles. The fraction of sp³-hybridized carbons (Fsp3) is 0.889. The summed E-state index contributed by atoms with van der Waals surface area (Å²) in [6, 6.07) is 0. The highest BCUT2D eigenvalue weighted by Gasteiger charge is 2.25. The first-order chi connectivity index (χ1) is 6.15. The number of carboxylic acid groups (broad SMARTS) is 1. The Hall–Kier alpha value is -0.610. The van der Waals surface area contributed by atoms with Crippen LogP contribution in [0.3, 0.4) is 0 Å². The van der Waals surface area contributed by atoms with Crippen LogP contribution in [0.2, 0.25) is 0 Å². The van der Waals surface area contributed by atoms with E-state index in [4.69, 9.17) is 5.11 Å². The van der Waals surface area contributed by atoms with Crippen molar-refractivity contribution >= 4 is 5.97 Å². The van der Waals surface area contributed by atoms with Crippen LogP contribution < -0.4 is 5.32 Å². The molecule has 1 heterocycles. The first-order valence-electron chi connectivity index (χ1n) is 4.79. The van der Waals surface area contributed by atoms with Gasteiger partial charge in [-0.1, -0.05) is 0 Å². The van der Waals surface area contributed by atoms with Gasteiger partial charge in [-0.3, -0.25) is 9.69 Å². The third kappa shape index (κ3) is 2.67. The number of hydrogen-bond donors (Lipinski definition) is 2. The highest BCUT2D eigenvalue weighted by Crippen LogP contribution is 2.18. The van der Waals surface area contributed by atoms with Crippen molar-refractivity contribution in [3.63, 3.8) is 0 Å². The Morgan fingerprint density at radius 2 is 2.08 bits per heavy atom. The summed E-state index contributed by atoms with van der Waals surface area (Å²) >= 11 is 0. The molecule has 1 unspecified atom stereocenters. The summed E-state index contributed by atoms with van der Waals surface area (Å²) in [5.74, 6) is -0.767. The SMILES string of the molecule is CNC(C)N1CCC(C(=O)O)CC1. The van der Waals surface area contributed by atoms with E-state index in [-0.39, 0.29) is 5.92 Å². The maximum absolute atomic E-state index is 10.7. The number of rotatable bonds is 3. The van der Waals surface area contributed by atoms with Gasteiger partial charge in [0.25, 0.3) is 0 Å². The number of carboxylic acids is 1. The van der Waals surface area contributed by atoms with Gasteiger partial charge in [-0.05, 0) is 26.8 Å². The van der Waals surface area contributed by atoms with E-state index in [0.717, 1.165) is 25.9 Å². The standard InChI is InChI=1S/C9H18N2O2/c1-7(10-2)11-5-3-8(4-6-11)9(12)13/h7-8,10H,3-6H2,1-2H3,(H,12,13). The van der Waals surface area contributed by atoms with Gasteiger partial charge in [0.1, 0.15) is 0 Å². The summed E-state index contributed by atoms with van der Waals surface area (Å²) in [6.45, 7) is 3.87. The molecule has 0 aromatic rings. The van der Waals surface area contributed by atoms with Gasteiger partial charge < -0.3 is 10.4 Å². The molecule has 1 atom stereocenters. The Kier molecular flexibility index (Phi) is 3.69. The Labute approximate surface area is 78.9 Å². The second kappa shape index (κ2) is 4.58. The topological polar surface area (TPSA) is 52.6 Å². The van der Waals surface area contributed by atoms with E-state index in [1.165, 1.54) is 0 Å². The Morgan fingerprint density at radius 1 is 1.54 bits per heavy atom. The van der Waals surface area contributed by atoms with Gasteiger partial charge in [-0.25, -0.2) is 0 Å². The van der Waals surface area contributed by atoms with Gasteiger partial charge in [-0.15, -0.1) is 0 Å². The maximum Gasteiger partial charge on any atom is 0.306 e. The van der Waals surface area contributed by atoms with Crippen molar-refractivity contribution in [3.8, 4) is 0 Å². The van der Waals surface area contributed by atoms with Crippen molar-refractivity contribution in [1.29, 1.82) is 0 Å². The summed E-state index contributed by atoms with van der Waals surface area (Å²) in [4.78, 5) is 12.9. The van der Waals surface area contributed by atoms with E-state index in [1.54, 1.807) is 0 Å². The minimum atomic E-state index is -0.642. The first-order valence-corrected chi connectivity index (χ1v) is 4.79. The van der Waals surface area contributed by atoms with Crippen LogP contribution in [-0.4, -0.2) is 42.3 Å². The van der Waals surface area contributed by atoms with Gasteiger partial charge >= 0.3 is 5.97 Å². The monoisotopic (exact) mass is 186 g/mol. The number of hydrogen-bond acceptors (Lipinski definition) is 3. The third-order valence-corrected chi connectivity index (χ3v) is 2.84. The molecule has 2 N–H and O–H groups in total. The van der Waals surface area contributed by atoms with Crippen LogP contribution >= 0.6 is 0 Å². The molecule has 4 heteroatoms. The second-order valence-electron chi connectivity index (χ2n) is 3.61. The van der Waals surface area contributed by atoms with Crippen LogP contribution in [0, 0.1) is 5.92 Å². The van der Waals surface area contributed by atoms with Crippen LogP contribution in [0.25, 0.3) is 0 Å². The van der Waals surface area contributed by atoms with E-state index in [0.29, 0.717) is 6.17 Å². The summed E-state index contributed by atoms with van der Waals surface area (Å²) in [5, 5.41) is 11.9. The van der Waals surface area contributed by atoms with E-state index in [9.17, 15) is 4.79 Å². The quantitative estimate of drug-likeness (QED) is 0.667. The molecule has 4 nitrogen and oxygen atoms in total. The molecule has 1 fully saturated rings. The van der Waals surface area contributed by atoms with Crippen LogP contribution in [0.1, 0.15) is 19.8 Å². The normalized spacial score (nSPS) is 22.9. The van der Waals surface area contributed by atoms with Crippen molar-refractivity contribution in [3.05, 3.63) is 0 Å². The summed E-state index contributed by atoms with van der Waals surface area (Å²) in [5.41, 5.74) is 0. The molecule has 1 aliphatic rings. The fourth-order valence-corrected chi connectivity index (χ4v) is 1.72.